The van der Waals surface area contributed by atoms with Gasteiger partial charge in [-0.3, -0.25) is 4.99 Å². The Bertz CT molecular complexity index is 408. The molecule has 1 aromatic rings. The van der Waals surface area contributed by atoms with Gasteiger partial charge in [-0.2, -0.15) is 0 Å². The van der Waals surface area contributed by atoms with Crippen LogP contribution in [0.5, 0.6) is 0 Å². The molecule has 0 aromatic carbocycles. The molecule has 6 nitrogen and oxygen atoms in total. The van der Waals surface area contributed by atoms with Gasteiger partial charge in [0.1, 0.15) is 5.69 Å². The van der Waals surface area contributed by atoms with E-state index in [4.69, 9.17) is 0 Å². The van der Waals surface area contributed by atoms with Crippen molar-refractivity contribution in [1.29, 1.82) is 0 Å². The van der Waals surface area contributed by atoms with Gasteiger partial charge in [0.05, 0.1) is 19.3 Å². The molecule has 1 N–H and O–H groups in total. The first-order chi connectivity index (χ1) is 8.29. The topological polar surface area (TPSA) is 58.3 Å². The van der Waals surface area contributed by atoms with Crippen molar-refractivity contribution in [3.63, 3.8) is 0 Å². The van der Waals surface area contributed by atoms with Gasteiger partial charge in [-0.15, -0.1) is 11.7 Å². The fraction of sp³-hybridized carbons (Fsp3) is 0.545. The second-order valence-corrected chi connectivity index (χ2v) is 4.05. The Morgan fingerprint density at radius 1 is 1.59 bits per heavy atom. The molecule has 17 heavy (non-hydrogen) atoms. The van der Waals surface area contributed by atoms with Crippen LogP contribution in [0.25, 0.3) is 0 Å². The van der Waals surface area contributed by atoms with Crippen molar-refractivity contribution in [3.05, 3.63) is 24.5 Å². The third kappa shape index (κ3) is 3.05. The molecule has 0 atom stereocenters. The van der Waals surface area contributed by atoms with E-state index in [9.17, 15) is 0 Å². The highest BCUT2D eigenvalue weighted by Gasteiger charge is 2.10. The van der Waals surface area contributed by atoms with E-state index in [1.54, 1.807) is 10.8 Å². The fourth-order valence-corrected chi connectivity index (χ4v) is 1.72. The van der Waals surface area contributed by atoms with Gasteiger partial charge < -0.3 is 10.2 Å². The van der Waals surface area contributed by atoms with E-state index in [0.717, 1.165) is 31.2 Å². The lowest BCUT2D eigenvalue weighted by Gasteiger charge is -2.25. The Labute approximate surface area is 101 Å². The first-order valence-electron chi connectivity index (χ1n) is 5.79. The minimum Gasteiger partial charge on any atom is -0.350 e. The van der Waals surface area contributed by atoms with Crippen LogP contribution in [0.3, 0.4) is 0 Å². The Balaban J connectivity index is 1.88. The molecule has 6 heteroatoms. The number of hydrogen-bond donors (Lipinski definition) is 1. The second-order valence-electron chi connectivity index (χ2n) is 4.05. The first kappa shape index (κ1) is 11.6. The average molecular weight is 234 g/mol. The molecule has 0 bridgehead atoms. The van der Waals surface area contributed by atoms with Crippen molar-refractivity contribution in [2.24, 2.45) is 4.99 Å². The Hall–Kier alpha value is -1.85. The van der Waals surface area contributed by atoms with Crippen LogP contribution in [0.1, 0.15) is 12.1 Å². The van der Waals surface area contributed by atoms with Crippen molar-refractivity contribution < 1.29 is 0 Å². The van der Waals surface area contributed by atoms with Crippen molar-refractivity contribution >= 4 is 5.96 Å². The van der Waals surface area contributed by atoms with Gasteiger partial charge in [0.25, 0.3) is 0 Å². The quantitative estimate of drug-likeness (QED) is 0.758. The van der Waals surface area contributed by atoms with E-state index in [-0.39, 0.29) is 0 Å². The van der Waals surface area contributed by atoms with Gasteiger partial charge >= 0.3 is 0 Å². The summed E-state index contributed by atoms with van der Waals surface area (Å²) in [6.45, 7) is 6.96. The molecule has 1 aromatic heterocycles. The van der Waals surface area contributed by atoms with Gasteiger partial charge in [0, 0.05) is 20.1 Å². The second kappa shape index (κ2) is 5.47. The molecular formula is C11H18N6. The summed E-state index contributed by atoms with van der Waals surface area (Å²) >= 11 is 0. The van der Waals surface area contributed by atoms with Crippen LogP contribution in [0.15, 0.2) is 23.8 Å². The molecule has 0 fully saturated rings. The van der Waals surface area contributed by atoms with Crippen molar-refractivity contribution in [1.82, 2.24) is 25.2 Å². The molecule has 1 aliphatic rings. The highest BCUT2D eigenvalue weighted by molar-refractivity contribution is 5.80. The van der Waals surface area contributed by atoms with Crippen LogP contribution >= 0.6 is 0 Å². The molecule has 0 saturated heterocycles. The Morgan fingerprint density at radius 3 is 3.24 bits per heavy atom. The number of aromatic nitrogens is 3. The van der Waals surface area contributed by atoms with E-state index in [1.807, 2.05) is 13.2 Å². The van der Waals surface area contributed by atoms with Crippen LogP contribution in [0.2, 0.25) is 0 Å². The summed E-state index contributed by atoms with van der Waals surface area (Å²) in [5, 5.41) is 11.3. The molecule has 2 heterocycles. The van der Waals surface area contributed by atoms with Gasteiger partial charge in [-0.1, -0.05) is 11.3 Å². The average Bonchev–Trinajstić information content (AvgIpc) is 2.76. The predicted octanol–water partition coefficient (Wildman–Crippen LogP) is 0.245. The standard InChI is InChI=1S/C11H18N6/c1-3-6-17-9-10(14-15-17)8-13-11-12-5-4-7-16(11)2/h3,9H,1,4-8H2,2H3,(H,12,13). The summed E-state index contributed by atoms with van der Waals surface area (Å²) in [5.74, 6) is 0.939. The molecule has 92 valence electrons. The lowest BCUT2D eigenvalue weighted by atomic mass is 10.3. The van der Waals surface area contributed by atoms with Gasteiger partial charge in [0.15, 0.2) is 5.96 Å². The minimum absolute atomic E-state index is 0.653. The number of nitrogens with one attached hydrogen (secondary N) is 1. The largest absolute Gasteiger partial charge is 0.350 e. The molecule has 1 aliphatic heterocycles. The lowest BCUT2D eigenvalue weighted by Crippen LogP contribution is -2.41. The molecular weight excluding hydrogens is 216 g/mol. The summed E-state index contributed by atoms with van der Waals surface area (Å²) < 4.78 is 1.76. The van der Waals surface area contributed by atoms with E-state index in [2.05, 4.69) is 32.1 Å². The van der Waals surface area contributed by atoms with Gasteiger partial charge in [-0.05, 0) is 6.42 Å². The fourth-order valence-electron chi connectivity index (χ4n) is 1.72. The maximum absolute atomic E-state index is 4.43. The lowest BCUT2D eigenvalue weighted by molar-refractivity contribution is 0.445. The predicted molar refractivity (Wildman–Crippen MR) is 66.6 cm³/mol. The monoisotopic (exact) mass is 234 g/mol. The summed E-state index contributed by atoms with van der Waals surface area (Å²) in [7, 11) is 2.04. The summed E-state index contributed by atoms with van der Waals surface area (Å²) in [5.41, 5.74) is 0.911. The highest BCUT2D eigenvalue weighted by Crippen LogP contribution is 1.99. The molecule has 0 unspecified atom stereocenters. The van der Waals surface area contributed by atoms with Crippen LogP contribution in [-0.2, 0) is 13.1 Å². The first-order valence-corrected chi connectivity index (χ1v) is 5.79. The van der Waals surface area contributed by atoms with Crippen molar-refractivity contribution in [3.8, 4) is 0 Å². The van der Waals surface area contributed by atoms with Crippen molar-refractivity contribution in [2.45, 2.75) is 19.5 Å². The SMILES string of the molecule is C=CCn1cc(CNC2=NCCCN2C)nn1. The zero-order chi connectivity index (χ0) is 12.1. The van der Waals surface area contributed by atoms with Crippen molar-refractivity contribution in [2.75, 3.05) is 20.1 Å². The molecule has 0 saturated carbocycles. The number of rotatable bonds is 4. The zero-order valence-electron chi connectivity index (χ0n) is 10.1. The highest BCUT2D eigenvalue weighted by atomic mass is 15.4. The zero-order valence-corrected chi connectivity index (χ0v) is 10.1. The summed E-state index contributed by atoms with van der Waals surface area (Å²) in [4.78, 5) is 6.55. The molecule has 0 radical (unpaired) electrons. The number of hydrogen-bond acceptors (Lipinski definition) is 5. The maximum Gasteiger partial charge on any atom is 0.193 e. The molecule has 0 spiro atoms. The smallest absolute Gasteiger partial charge is 0.193 e. The molecule has 0 amide bonds. The normalized spacial score (nSPS) is 15.6. The van der Waals surface area contributed by atoms with Gasteiger partial charge in [0.2, 0.25) is 0 Å². The van der Waals surface area contributed by atoms with Crippen LogP contribution in [0, 0.1) is 0 Å². The Kier molecular flexibility index (Phi) is 3.74. The Morgan fingerprint density at radius 2 is 2.47 bits per heavy atom. The van der Waals surface area contributed by atoms with Crippen LogP contribution in [-0.4, -0.2) is 46.0 Å². The number of guanidine groups is 1. The van der Waals surface area contributed by atoms with E-state index < -0.39 is 0 Å². The molecule has 2 rings (SSSR count). The minimum atomic E-state index is 0.653. The summed E-state index contributed by atoms with van der Waals surface area (Å²) in [6, 6.07) is 0. The number of nitrogens with zero attached hydrogens (tertiary/aromatic N) is 5. The summed E-state index contributed by atoms with van der Waals surface area (Å²) in [6.07, 6.45) is 4.83. The third-order valence-corrected chi connectivity index (χ3v) is 2.60. The van der Waals surface area contributed by atoms with Gasteiger partial charge in [-0.25, -0.2) is 4.68 Å². The maximum atomic E-state index is 4.43. The number of aliphatic imine (C=N–C) groups is 1. The molecule has 0 aliphatic carbocycles. The number of allylic oxidation sites excluding steroid dienone is 1. The van der Waals surface area contributed by atoms with E-state index in [0.29, 0.717) is 13.1 Å². The van der Waals surface area contributed by atoms with E-state index in [1.165, 1.54) is 0 Å². The van der Waals surface area contributed by atoms with Crippen LogP contribution in [0.4, 0.5) is 0 Å². The van der Waals surface area contributed by atoms with Crippen LogP contribution < -0.4 is 5.32 Å². The third-order valence-electron chi connectivity index (χ3n) is 2.60. The van der Waals surface area contributed by atoms with E-state index >= 15 is 0 Å².